The molecule has 0 spiro atoms. The third kappa shape index (κ3) is 4.00. The zero-order valence-electron chi connectivity index (χ0n) is 15.5. The van der Waals surface area contributed by atoms with Gasteiger partial charge in [0, 0.05) is 26.2 Å². The number of fused-ring (bicyclic) bond motifs is 1. The van der Waals surface area contributed by atoms with E-state index in [1.165, 1.54) is 6.26 Å². The molecule has 144 valence electrons. The summed E-state index contributed by atoms with van der Waals surface area (Å²) in [4.78, 5) is 20.8. The number of oxazole rings is 1. The summed E-state index contributed by atoms with van der Waals surface area (Å²) in [6.07, 6.45) is 2.50. The Hall–Kier alpha value is -2.74. The molecule has 0 aliphatic carbocycles. The maximum atomic E-state index is 12.5. The van der Waals surface area contributed by atoms with E-state index in [0.717, 1.165) is 26.1 Å². The number of nitrogens with zero attached hydrogens (tertiary/aromatic N) is 3. The number of aromatic nitrogens is 1. The van der Waals surface area contributed by atoms with Gasteiger partial charge in [-0.05, 0) is 38.1 Å². The van der Waals surface area contributed by atoms with Gasteiger partial charge in [-0.2, -0.15) is 0 Å². The van der Waals surface area contributed by atoms with Crippen molar-refractivity contribution >= 4 is 5.91 Å². The predicted octanol–water partition coefficient (Wildman–Crippen LogP) is 2.01. The Morgan fingerprint density at radius 3 is 3.04 bits per heavy atom. The normalized spacial score (nSPS) is 18.7. The summed E-state index contributed by atoms with van der Waals surface area (Å²) >= 11 is 0. The summed E-state index contributed by atoms with van der Waals surface area (Å²) in [7, 11) is 3.91. The van der Waals surface area contributed by atoms with E-state index in [9.17, 15) is 4.79 Å². The second-order valence-corrected chi connectivity index (χ2v) is 7.03. The van der Waals surface area contributed by atoms with Crippen LogP contribution in [0.4, 0.5) is 0 Å². The lowest BCUT2D eigenvalue weighted by Gasteiger charge is -2.20. The first-order valence-corrected chi connectivity index (χ1v) is 8.99. The molecule has 2 aliphatic rings. The SMILES string of the molecule is CN1CC[C@@H](CN(C)C(=O)c2coc(COc3ccc4c(c3)OCO4)n2)C1. The molecule has 0 saturated carbocycles. The average molecular weight is 373 g/mol. The second kappa shape index (κ2) is 7.48. The van der Waals surface area contributed by atoms with Gasteiger partial charge in [-0.1, -0.05) is 0 Å². The molecule has 2 aliphatic heterocycles. The van der Waals surface area contributed by atoms with Crippen molar-refractivity contribution in [2.24, 2.45) is 5.92 Å². The summed E-state index contributed by atoms with van der Waals surface area (Å²) in [6.45, 7) is 3.17. The molecule has 27 heavy (non-hydrogen) atoms. The molecule has 0 radical (unpaired) electrons. The van der Waals surface area contributed by atoms with E-state index in [2.05, 4.69) is 16.9 Å². The smallest absolute Gasteiger partial charge is 0.275 e. The fraction of sp³-hybridized carbons (Fsp3) is 0.474. The van der Waals surface area contributed by atoms with Gasteiger partial charge < -0.3 is 28.4 Å². The molecule has 3 heterocycles. The minimum absolute atomic E-state index is 0.129. The van der Waals surface area contributed by atoms with Crippen molar-refractivity contribution in [3.63, 3.8) is 0 Å². The maximum Gasteiger partial charge on any atom is 0.275 e. The molecule has 0 unspecified atom stereocenters. The number of carbonyl (C=O) groups excluding carboxylic acids is 1. The third-order valence-corrected chi connectivity index (χ3v) is 4.84. The minimum Gasteiger partial charge on any atom is -0.484 e. The van der Waals surface area contributed by atoms with Crippen LogP contribution < -0.4 is 14.2 Å². The largest absolute Gasteiger partial charge is 0.484 e. The molecule has 1 fully saturated rings. The quantitative estimate of drug-likeness (QED) is 0.766. The van der Waals surface area contributed by atoms with Crippen molar-refractivity contribution < 1.29 is 23.4 Å². The number of hydrogen-bond donors (Lipinski definition) is 0. The van der Waals surface area contributed by atoms with Crippen molar-refractivity contribution in [3.05, 3.63) is 36.0 Å². The van der Waals surface area contributed by atoms with E-state index < -0.39 is 0 Å². The average Bonchev–Trinajstić information content (AvgIpc) is 3.39. The molecule has 1 aromatic carbocycles. The van der Waals surface area contributed by atoms with E-state index in [1.54, 1.807) is 30.1 Å². The van der Waals surface area contributed by atoms with Crippen LogP contribution in [0, 0.1) is 5.92 Å². The monoisotopic (exact) mass is 373 g/mol. The van der Waals surface area contributed by atoms with Crippen LogP contribution in [0.1, 0.15) is 22.8 Å². The summed E-state index contributed by atoms with van der Waals surface area (Å²) in [5, 5.41) is 0. The Morgan fingerprint density at radius 1 is 1.37 bits per heavy atom. The minimum atomic E-state index is -0.136. The fourth-order valence-electron chi connectivity index (χ4n) is 3.43. The molecule has 1 aromatic heterocycles. The fourth-order valence-corrected chi connectivity index (χ4v) is 3.43. The second-order valence-electron chi connectivity index (χ2n) is 7.03. The standard InChI is InChI=1S/C19H23N3O5/c1-21-6-5-13(8-21)9-22(2)19(23)15-10-25-18(20-15)11-24-14-3-4-16-17(7-14)27-12-26-16/h3-4,7,10,13H,5-6,8-9,11-12H2,1-2H3/t13-/m1/s1. The topological polar surface area (TPSA) is 77.3 Å². The lowest BCUT2D eigenvalue weighted by Crippen LogP contribution is -2.33. The molecule has 0 N–H and O–H groups in total. The Morgan fingerprint density at radius 2 is 2.22 bits per heavy atom. The summed E-state index contributed by atoms with van der Waals surface area (Å²) in [5.41, 5.74) is 0.299. The van der Waals surface area contributed by atoms with Crippen LogP contribution in [0.25, 0.3) is 0 Å². The molecule has 8 heteroatoms. The number of hydrogen-bond acceptors (Lipinski definition) is 7. The van der Waals surface area contributed by atoms with Gasteiger partial charge in [0.25, 0.3) is 5.91 Å². The highest BCUT2D eigenvalue weighted by Crippen LogP contribution is 2.35. The van der Waals surface area contributed by atoms with Gasteiger partial charge in [-0.25, -0.2) is 4.98 Å². The molecule has 1 saturated heterocycles. The van der Waals surface area contributed by atoms with Crippen molar-refractivity contribution in [2.75, 3.05) is 40.5 Å². The highest BCUT2D eigenvalue weighted by atomic mass is 16.7. The molecular formula is C19H23N3O5. The first-order valence-electron chi connectivity index (χ1n) is 8.99. The number of benzene rings is 1. The third-order valence-electron chi connectivity index (χ3n) is 4.84. The van der Waals surface area contributed by atoms with Gasteiger partial charge in [0.2, 0.25) is 12.7 Å². The van der Waals surface area contributed by atoms with Crippen molar-refractivity contribution in [2.45, 2.75) is 13.0 Å². The molecular weight excluding hydrogens is 350 g/mol. The van der Waals surface area contributed by atoms with Crippen molar-refractivity contribution in [1.82, 2.24) is 14.8 Å². The Bertz CT molecular complexity index is 821. The molecule has 1 atom stereocenters. The van der Waals surface area contributed by atoms with Gasteiger partial charge in [-0.15, -0.1) is 0 Å². The van der Waals surface area contributed by atoms with Crippen LogP contribution in [0.5, 0.6) is 17.2 Å². The van der Waals surface area contributed by atoms with E-state index in [0.29, 0.717) is 34.8 Å². The van der Waals surface area contributed by atoms with Crippen molar-refractivity contribution in [3.8, 4) is 17.2 Å². The zero-order chi connectivity index (χ0) is 18.8. The Labute approximate surface area is 157 Å². The molecule has 1 amide bonds. The van der Waals surface area contributed by atoms with Gasteiger partial charge in [0.15, 0.2) is 23.8 Å². The van der Waals surface area contributed by atoms with Crippen LogP contribution in [0.15, 0.2) is 28.9 Å². The predicted molar refractivity (Wildman–Crippen MR) is 96.0 cm³/mol. The lowest BCUT2D eigenvalue weighted by atomic mass is 10.1. The number of ether oxygens (including phenoxy) is 3. The van der Waals surface area contributed by atoms with Gasteiger partial charge in [0.05, 0.1) is 0 Å². The van der Waals surface area contributed by atoms with Crippen LogP contribution in [-0.2, 0) is 6.61 Å². The maximum absolute atomic E-state index is 12.5. The Kier molecular flexibility index (Phi) is 4.89. The van der Waals surface area contributed by atoms with E-state index in [1.807, 2.05) is 0 Å². The van der Waals surface area contributed by atoms with Gasteiger partial charge >= 0.3 is 0 Å². The van der Waals surface area contributed by atoms with Crippen LogP contribution in [0.2, 0.25) is 0 Å². The Balaban J connectivity index is 1.32. The molecule has 0 bridgehead atoms. The molecule has 4 rings (SSSR count). The van der Waals surface area contributed by atoms with Gasteiger partial charge in [0.1, 0.15) is 12.0 Å². The molecule has 8 nitrogen and oxygen atoms in total. The van der Waals surface area contributed by atoms with Crippen LogP contribution in [0.3, 0.4) is 0 Å². The first kappa shape index (κ1) is 17.7. The summed E-state index contributed by atoms with van der Waals surface area (Å²) in [5.74, 6) is 2.68. The molecule has 2 aromatic rings. The van der Waals surface area contributed by atoms with E-state index in [-0.39, 0.29) is 19.3 Å². The highest BCUT2D eigenvalue weighted by Gasteiger charge is 2.24. The van der Waals surface area contributed by atoms with Gasteiger partial charge in [-0.3, -0.25) is 4.79 Å². The number of amides is 1. The van der Waals surface area contributed by atoms with E-state index >= 15 is 0 Å². The number of likely N-dealkylation sites (tertiary alicyclic amines) is 1. The first-order chi connectivity index (χ1) is 13.1. The van der Waals surface area contributed by atoms with Crippen molar-refractivity contribution in [1.29, 1.82) is 0 Å². The van der Waals surface area contributed by atoms with Crippen LogP contribution >= 0.6 is 0 Å². The van der Waals surface area contributed by atoms with E-state index in [4.69, 9.17) is 18.6 Å². The summed E-state index contributed by atoms with van der Waals surface area (Å²) < 4.78 is 21.6. The lowest BCUT2D eigenvalue weighted by molar-refractivity contribution is 0.0768. The zero-order valence-corrected chi connectivity index (χ0v) is 15.5. The van der Waals surface area contributed by atoms with Crippen LogP contribution in [-0.4, -0.2) is 61.2 Å². The summed E-state index contributed by atoms with van der Waals surface area (Å²) in [6, 6.07) is 5.33. The highest BCUT2D eigenvalue weighted by molar-refractivity contribution is 5.91. The number of rotatable bonds is 6. The number of carbonyl (C=O) groups is 1.